The number of rotatable bonds is 3. The fraction of sp³-hybridized carbons (Fsp3) is 0. The zero-order valence-electron chi connectivity index (χ0n) is 12.2. The molecule has 0 aliphatic rings. The number of nitrogens with zero attached hydrogens (tertiary/aromatic N) is 2. The van der Waals surface area contributed by atoms with Crippen LogP contribution < -0.4 is 10.6 Å². The summed E-state index contributed by atoms with van der Waals surface area (Å²) in [7, 11) is 0. The van der Waals surface area contributed by atoms with E-state index in [1.165, 1.54) is 0 Å². The predicted molar refractivity (Wildman–Crippen MR) is 91.8 cm³/mol. The van der Waals surface area contributed by atoms with Crippen molar-refractivity contribution in [3.05, 3.63) is 57.7 Å². The van der Waals surface area contributed by atoms with Crippen molar-refractivity contribution in [1.29, 1.82) is 0 Å². The predicted octanol–water partition coefficient (Wildman–Crippen LogP) is 2.14. The first-order valence-corrected chi connectivity index (χ1v) is 7.84. The van der Waals surface area contributed by atoms with Crippen LogP contribution in [-0.2, 0) is 0 Å². The van der Waals surface area contributed by atoms with Gasteiger partial charge in [0.25, 0.3) is 5.91 Å². The largest absolute Gasteiger partial charge is 0.366 e. The first kappa shape index (κ1) is 14.3. The molecule has 0 spiro atoms. The number of para-hydroxylation sites is 1. The minimum absolute atomic E-state index is 0.189. The number of carbonyl (C=O) groups excluding carboxylic acids is 1. The number of primary amides is 1. The Labute approximate surface area is 139 Å². The second-order valence-electron chi connectivity index (χ2n) is 5.17. The summed E-state index contributed by atoms with van der Waals surface area (Å²) in [4.78, 5) is 32.8. The van der Waals surface area contributed by atoms with E-state index in [0.717, 1.165) is 28.2 Å². The summed E-state index contributed by atoms with van der Waals surface area (Å²) < 4.78 is 4.05. The summed E-state index contributed by atoms with van der Waals surface area (Å²) in [6, 6.07) is 12.7. The number of nitrogens with one attached hydrogen (secondary N) is 2. The Hall–Kier alpha value is -3.26. The number of H-pyrrole nitrogens is 2. The Morgan fingerprint density at radius 3 is 2.33 bits per heavy atom. The van der Waals surface area contributed by atoms with E-state index in [1.54, 1.807) is 12.1 Å². The van der Waals surface area contributed by atoms with Crippen molar-refractivity contribution < 1.29 is 4.79 Å². The lowest BCUT2D eigenvalue weighted by molar-refractivity contribution is 0.100. The second kappa shape index (κ2) is 5.43. The number of hydrogen-bond acceptors (Lipinski definition) is 5. The standard InChI is InChI=1S/C16H11N5O2S/c17-13(22)10-2-1-3-11-12(10)19-14(18-11)8-4-6-9(7-5-8)15-20-16(23)24-21-15/h1-7H,(H2,17,22)(H,18,19)(H,20,21,23). The molecule has 4 rings (SSSR count). The number of fused-ring (bicyclic) bond motifs is 1. The number of carbonyl (C=O) groups is 1. The van der Waals surface area contributed by atoms with Crippen LogP contribution in [0.5, 0.6) is 0 Å². The third-order valence-corrected chi connectivity index (χ3v) is 4.19. The summed E-state index contributed by atoms with van der Waals surface area (Å²) in [6.45, 7) is 0. The van der Waals surface area contributed by atoms with Crippen LogP contribution in [0.25, 0.3) is 33.8 Å². The monoisotopic (exact) mass is 337 g/mol. The van der Waals surface area contributed by atoms with Crippen LogP contribution in [0.15, 0.2) is 47.3 Å². The van der Waals surface area contributed by atoms with Gasteiger partial charge in [0.1, 0.15) is 11.3 Å². The van der Waals surface area contributed by atoms with Gasteiger partial charge >= 0.3 is 4.87 Å². The molecule has 8 heteroatoms. The molecule has 2 aromatic heterocycles. The third kappa shape index (κ3) is 2.38. The van der Waals surface area contributed by atoms with Crippen molar-refractivity contribution in [2.24, 2.45) is 5.73 Å². The van der Waals surface area contributed by atoms with Gasteiger partial charge in [-0.15, -0.1) is 0 Å². The highest BCUT2D eigenvalue weighted by molar-refractivity contribution is 7.03. The number of benzene rings is 2. The van der Waals surface area contributed by atoms with E-state index >= 15 is 0 Å². The lowest BCUT2D eigenvalue weighted by atomic mass is 10.1. The van der Waals surface area contributed by atoms with Crippen LogP contribution >= 0.6 is 11.5 Å². The average molecular weight is 337 g/mol. The minimum atomic E-state index is -0.513. The van der Waals surface area contributed by atoms with Crippen molar-refractivity contribution >= 4 is 28.5 Å². The highest BCUT2D eigenvalue weighted by Crippen LogP contribution is 2.24. The van der Waals surface area contributed by atoms with E-state index in [2.05, 4.69) is 19.3 Å². The normalized spacial score (nSPS) is 11.0. The molecule has 2 aromatic carbocycles. The van der Waals surface area contributed by atoms with E-state index < -0.39 is 5.91 Å². The van der Waals surface area contributed by atoms with Gasteiger partial charge < -0.3 is 10.7 Å². The maximum atomic E-state index is 11.5. The van der Waals surface area contributed by atoms with Crippen LogP contribution in [0.3, 0.4) is 0 Å². The maximum Gasteiger partial charge on any atom is 0.323 e. The van der Waals surface area contributed by atoms with Crippen LogP contribution in [0.2, 0.25) is 0 Å². The van der Waals surface area contributed by atoms with E-state index in [4.69, 9.17) is 5.73 Å². The summed E-state index contributed by atoms with van der Waals surface area (Å²) in [5.41, 5.74) is 8.72. The molecule has 0 saturated heterocycles. The molecule has 4 N–H and O–H groups in total. The van der Waals surface area contributed by atoms with Gasteiger partial charge in [0.15, 0.2) is 5.82 Å². The highest BCUT2D eigenvalue weighted by atomic mass is 32.1. The third-order valence-electron chi connectivity index (χ3n) is 3.65. The molecule has 0 fully saturated rings. The molecule has 0 unspecified atom stereocenters. The Balaban J connectivity index is 1.76. The molecule has 0 aliphatic heterocycles. The Morgan fingerprint density at radius 2 is 1.71 bits per heavy atom. The van der Waals surface area contributed by atoms with Gasteiger partial charge in [-0.05, 0) is 12.1 Å². The fourth-order valence-electron chi connectivity index (χ4n) is 2.51. The molecule has 7 nitrogen and oxygen atoms in total. The molecule has 0 atom stereocenters. The van der Waals surface area contributed by atoms with Crippen molar-refractivity contribution in [3.8, 4) is 22.8 Å². The van der Waals surface area contributed by atoms with Gasteiger partial charge in [-0.25, -0.2) is 4.98 Å². The molecule has 0 radical (unpaired) electrons. The lowest BCUT2D eigenvalue weighted by Gasteiger charge is -1.99. The van der Waals surface area contributed by atoms with Crippen molar-refractivity contribution in [3.63, 3.8) is 0 Å². The fourth-order valence-corrected chi connectivity index (χ4v) is 2.98. The van der Waals surface area contributed by atoms with Gasteiger partial charge in [-0.2, -0.15) is 4.37 Å². The van der Waals surface area contributed by atoms with Gasteiger partial charge in [0, 0.05) is 22.7 Å². The molecular formula is C16H11N5O2S. The number of hydrogen-bond donors (Lipinski definition) is 3. The van der Waals surface area contributed by atoms with E-state index in [0.29, 0.717) is 22.7 Å². The summed E-state index contributed by atoms with van der Waals surface area (Å²) >= 11 is 0.884. The van der Waals surface area contributed by atoms with Crippen molar-refractivity contribution in [2.75, 3.05) is 0 Å². The SMILES string of the molecule is NC(=O)c1cccc2[nH]c(-c3ccc(-c4nsc(=O)[nH]4)cc3)nc12. The minimum Gasteiger partial charge on any atom is -0.366 e. The molecule has 4 aromatic rings. The Morgan fingerprint density at radius 1 is 1.00 bits per heavy atom. The summed E-state index contributed by atoms with van der Waals surface area (Å²) in [5, 5.41) is 0. The topological polar surface area (TPSA) is 118 Å². The molecule has 0 aliphatic carbocycles. The van der Waals surface area contributed by atoms with E-state index in [9.17, 15) is 9.59 Å². The number of amides is 1. The van der Waals surface area contributed by atoms with Crippen LogP contribution in [-0.4, -0.2) is 25.2 Å². The molecule has 118 valence electrons. The van der Waals surface area contributed by atoms with Crippen molar-refractivity contribution in [2.45, 2.75) is 0 Å². The lowest BCUT2D eigenvalue weighted by Crippen LogP contribution is -2.11. The van der Waals surface area contributed by atoms with Crippen LogP contribution in [0.4, 0.5) is 0 Å². The number of aromatic nitrogens is 4. The quantitative estimate of drug-likeness (QED) is 0.531. The molecule has 1 amide bonds. The maximum absolute atomic E-state index is 11.5. The van der Waals surface area contributed by atoms with Gasteiger partial charge in [0.05, 0.1) is 11.1 Å². The first-order valence-electron chi connectivity index (χ1n) is 7.07. The van der Waals surface area contributed by atoms with Crippen molar-refractivity contribution in [1.82, 2.24) is 19.3 Å². The van der Waals surface area contributed by atoms with E-state index in [1.807, 2.05) is 30.3 Å². The number of aromatic amines is 2. The molecule has 0 bridgehead atoms. The zero-order valence-corrected chi connectivity index (χ0v) is 13.1. The molecule has 0 saturated carbocycles. The van der Waals surface area contributed by atoms with Crippen LogP contribution in [0.1, 0.15) is 10.4 Å². The summed E-state index contributed by atoms with van der Waals surface area (Å²) in [5.74, 6) is 0.663. The number of nitrogens with two attached hydrogens (primary N) is 1. The highest BCUT2D eigenvalue weighted by Gasteiger charge is 2.12. The Bertz CT molecular complexity index is 1110. The van der Waals surface area contributed by atoms with Gasteiger partial charge in [-0.3, -0.25) is 14.6 Å². The van der Waals surface area contributed by atoms with Gasteiger partial charge in [0.2, 0.25) is 0 Å². The molecule has 2 heterocycles. The Kier molecular flexibility index (Phi) is 3.24. The van der Waals surface area contributed by atoms with Gasteiger partial charge in [-0.1, -0.05) is 30.3 Å². The summed E-state index contributed by atoms with van der Waals surface area (Å²) in [6.07, 6.45) is 0. The molecule has 24 heavy (non-hydrogen) atoms. The van der Waals surface area contributed by atoms with E-state index in [-0.39, 0.29) is 4.87 Å². The molecular weight excluding hydrogens is 326 g/mol. The number of imidazole rings is 1. The average Bonchev–Trinajstić information content (AvgIpc) is 3.20. The second-order valence-corrected chi connectivity index (χ2v) is 5.91. The first-order chi connectivity index (χ1) is 11.6. The van der Waals surface area contributed by atoms with Crippen LogP contribution in [0, 0.1) is 0 Å². The zero-order chi connectivity index (χ0) is 16.7. The smallest absolute Gasteiger partial charge is 0.323 e.